The second kappa shape index (κ2) is 9.78. The molecule has 2 amide bonds. The first-order valence-corrected chi connectivity index (χ1v) is 10.6. The maximum Gasteiger partial charge on any atom is 0.284 e. The molecule has 1 saturated heterocycles. The highest BCUT2D eigenvalue weighted by Crippen LogP contribution is 2.15. The van der Waals surface area contributed by atoms with Gasteiger partial charge in [-0.2, -0.15) is 0 Å². The highest BCUT2D eigenvalue weighted by atomic mass is 16.5. The summed E-state index contributed by atoms with van der Waals surface area (Å²) in [5, 5.41) is 0. The molecule has 0 atom stereocenters. The molecule has 0 saturated carbocycles. The van der Waals surface area contributed by atoms with Crippen LogP contribution < -0.4 is 10.3 Å². The van der Waals surface area contributed by atoms with Crippen molar-refractivity contribution in [1.29, 1.82) is 0 Å². The van der Waals surface area contributed by atoms with Crippen LogP contribution in [0.5, 0.6) is 5.75 Å². The van der Waals surface area contributed by atoms with Crippen molar-refractivity contribution in [2.75, 3.05) is 47.0 Å². The number of rotatable bonds is 6. The maximum atomic E-state index is 13.4. The number of carbonyl (C=O) groups excluding carboxylic acids is 2. The average molecular weight is 451 g/mol. The molecule has 0 radical (unpaired) electrons. The summed E-state index contributed by atoms with van der Waals surface area (Å²) >= 11 is 0. The Kier molecular flexibility index (Phi) is 6.64. The molecule has 3 heterocycles. The van der Waals surface area contributed by atoms with Crippen molar-refractivity contribution in [3.63, 3.8) is 0 Å². The van der Waals surface area contributed by atoms with E-state index in [2.05, 4.69) is 9.97 Å². The van der Waals surface area contributed by atoms with Gasteiger partial charge in [0.1, 0.15) is 17.9 Å². The number of methoxy groups -OCH3 is 2. The predicted octanol–water partition coefficient (Wildman–Crippen LogP) is 0.779. The van der Waals surface area contributed by atoms with Crippen molar-refractivity contribution < 1.29 is 19.1 Å². The Morgan fingerprint density at radius 2 is 1.70 bits per heavy atom. The fourth-order valence-corrected chi connectivity index (χ4v) is 3.80. The summed E-state index contributed by atoms with van der Waals surface area (Å²) < 4.78 is 11.6. The van der Waals surface area contributed by atoms with Crippen LogP contribution in [0.1, 0.15) is 16.1 Å². The number of hydrogen-bond donors (Lipinski definition) is 0. The Labute approximate surface area is 190 Å². The summed E-state index contributed by atoms with van der Waals surface area (Å²) in [6.45, 7) is 1.63. The fourth-order valence-electron chi connectivity index (χ4n) is 3.80. The second-order valence-electron chi connectivity index (χ2n) is 7.65. The monoisotopic (exact) mass is 451 g/mol. The lowest BCUT2D eigenvalue weighted by atomic mass is 10.2. The van der Waals surface area contributed by atoms with Crippen LogP contribution in [0.25, 0.3) is 11.2 Å². The molecule has 1 aliphatic rings. The first-order valence-electron chi connectivity index (χ1n) is 10.6. The van der Waals surface area contributed by atoms with Gasteiger partial charge in [0.2, 0.25) is 5.91 Å². The van der Waals surface area contributed by atoms with Gasteiger partial charge in [-0.25, -0.2) is 9.97 Å². The molecular weight excluding hydrogens is 426 g/mol. The van der Waals surface area contributed by atoms with E-state index < -0.39 is 11.5 Å². The Morgan fingerprint density at radius 3 is 2.36 bits per heavy atom. The number of amides is 2. The number of aromatic nitrogens is 3. The van der Waals surface area contributed by atoms with Crippen LogP contribution in [0.4, 0.5) is 0 Å². The number of pyridine rings is 1. The minimum atomic E-state index is -0.500. The lowest BCUT2D eigenvalue weighted by molar-refractivity contribution is -0.136. The molecule has 0 spiro atoms. The molecule has 0 unspecified atom stereocenters. The van der Waals surface area contributed by atoms with Crippen molar-refractivity contribution in [3.8, 4) is 5.75 Å². The predicted molar refractivity (Wildman–Crippen MR) is 120 cm³/mol. The van der Waals surface area contributed by atoms with Gasteiger partial charge < -0.3 is 19.3 Å². The average Bonchev–Trinajstić information content (AvgIpc) is 2.86. The van der Waals surface area contributed by atoms with Crippen molar-refractivity contribution in [2.45, 2.75) is 6.54 Å². The first-order chi connectivity index (χ1) is 16.0. The molecule has 0 N–H and O–H groups in total. The molecule has 1 fully saturated rings. The third-order valence-corrected chi connectivity index (χ3v) is 5.59. The molecular formula is C23H25N5O5. The Balaban J connectivity index is 1.63. The lowest BCUT2D eigenvalue weighted by Gasteiger charge is -2.34. The van der Waals surface area contributed by atoms with Gasteiger partial charge in [-0.05, 0) is 29.8 Å². The number of nitrogens with zero attached hydrogens (tertiary/aromatic N) is 5. The van der Waals surface area contributed by atoms with Crippen LogP contribution in [0.15, 0.2) is 47.4 Å². The third kappa shape index (κ3) is 4.70. The van der Waals surface area contributed by atoms with Gasteiger partial charge in [0.05, 0.1) is 13.7 Å². The molecule has 2 aromatic heterocycles. The molecule has 0 aliphatic carbocycles. The van der Waals surface area contributed by atoms with Gasteiger partial charge in [0, 0.05) is 39.5 Å². The van der Waals surface area contributed by atoms with Crippen LogP contribution in [-0.2, 0) is 16.1 Å². The summed E-state index contributed by atoms with van der Waals surface area (Å²) in [7, 11) is 3.06. The lowest BCUT2D eigenvalue weighted by Crippen LogP contribution is -2.52. The number of piperazine rings is 1. The normalized spacial score (nSPS) is 13.9. The maximum absolute atomic E-state index is 13.4. The van der Waals surface area contributed by atoms with Crippen molar-refractivity contribution in [2.24, 2.45) is 0 Å². The van der Waals surface area contributed by atoms with Gasteiger partial charge in [-0.1, -0.05) is 12.1 Å². The fraction of sp³-hybridized carbons (Fsp3) is 0.348. The Morgan fingerprint density at radius 1 is 1.00 bits per heavy atom. The quantitative estimate of drug-likeness (QED) is 0.545. The van der Waals surface area contributed by atoms with Gasteiger partial charge in [-0.3, -0.25) is 19.0 Å². The number of fused-ring (bicyclic) bond motifs is 1. The van der Waals surface area contributed by atoms with Crippen molar-refractivity contribution in [3.05, 3.63) is 64.2 Å². The molecule has 172 valence electrons. The van der Waals surface area contributed by atoms with Crippen molar-refractivity contribution >= 4 is 23.0 Å². The number of hydrogen-bond acceptors (Lipinski definition) is 7. The standard InChI is InChI=1S/C23H25N5O5/c1-32-15-19(29)26-10-12-27(13-11-26)22(30)20-23(31)28(21-18(25-20)4-3-9-24-21)14-16-5-7-17(33-2)8-6-16/h3-9H,10-15H2,1-2H3. The smallest absolute Gasteiger partial charge is 0.284 e. The molecule has 1 aliphatic heterocycles. The number of carbonyl (C=O) groups is 2. The van der Waals surface area contributed by atoms with Crippen LogP contribution in [-0.4, -0.2) is 83.2 Å². The molecule has 3 aromatic rings. The first kappa shape index (κ1) is 22.4. The van der Waals surface area contributed by atoms with E-state index in [1.54, 1.807) is 35.2 Å². The summed E-state index contributed by atoms with van der Waals surface area (Å²) in [5.74, 6) is 0.136. The van der Waals surface area contributed by atoms with Gasteiger partial charge in [0.15, 0.2) is 11.3 Å². The summed E-state index contributed by atoms with van der Waals surface area (Å²) in [5.41, 5.74) is 1.08. The highest BCUT2D eigenvalue weighted by Gasteiger charge is 2.28. The van der Waals surface area contributed by atoms with Crippen LogP contribution in [0.2, 0.25) is 0 Å². The highest BCUT2D eigenvalue weighted by molar-refractivity contribution is 5.93. The zero-order chi connectivity index (χ0) is 23.4. The molecule has 10 nitrogen and oxygen atoms in total. The molecule has 4 rings (SSSR count). The summed E-state index contributed by atoms with van der Waals surface area (Å²) in [6.07, 6.45) is 1.59. The topological polar surface area (TPSA) is 107 Å². The second-order valence-corrected chi connectivity index (χ2v) is 7.65. The largest absolute Gasteiger partial charge is 0.497 e. The number of benzene rings is 1. The van der Waals surface area contributed by atoms with Gasteiger partial charge in [-0.15, -0.1) is 0 Å². The molecule has 1 aromatic carbocycles. The van der Waals surface area contributed by atoms with E-state index in [-0.39, 0.29) is 24.8 Å². The van der Waals surface area contributed by atoms with E-state index in [0.717, 1.165) is 5.56 Å². The molecule has 33 heavy (non-hydrogen) atoms. The van der Waals surface area contributed by atoms with E-state index >= 15 is 0 Å². The van der Waals surface area contributed by atoms with E-state index in [4.69, 9.17) is 9.47 Å². The van der Waals surface area contributed by atoms with Crippen LogP contribution >= 0.6 is 0 Å². The zero-order valence-corrected chi connectivity index (χ0v) is 18.6. The van der Waals surface area contributed by atoms with Crippen molar-refractivity contribution in [1.82, 2.24) is 24.3 Å². The van der Waals surface area contributed by atoms with Crippen LogP contribution in [0, 0.1) is 0 Å². The minimum Gasteiger partial charge on any atom is -0.497 e. The Hall–Kier alpha value is -3.79. The molecule has 10 heteroatoms. The minimum absolute atomic E-state index is 0.00322. The molecule has 0 bridgehead atoms. The van der Waals surface area contributed by atoms with E-state index in [0.29, 0.717) is 43.1 Å². The zero-order valence-electron chi connectivity index (χ0n) is 18.6. The third-order valence-electron chi connectivity index (χ3n) is 5.59. The van der Waals surface area contributed by atoms with Gasteiger partial charge in [0.25, 0.3) is 11.5 Å². The van der Waals surface area contributed by atoms with E-state index in [9.17, 15) is 14.4 Å². The van der Waals surface area contributed by atoms with E-state index in [1.807, 2.05) is 24.3 Å². The SMILES string of the molecule is COCC(=O)N1CCN(C(=O)c2nc3cccnc3n(Cc3ccc(OC)cc3)c2=O)CC1. The summed E-state index contributed by atoms with van der Waals surface area (Å²) in [4.78, 5) is 50.5. The Bertz CT molecular complexity index is 1220. The van der Waals surface area contributed by atoms with Gasteiger partial charge >= 0.3 is 0 Å². The number of ether oxygens (including phenoxy) is 2. The van der Waals surface area contributed by atoms with E-state index in [1.165, 1.54) is 11.7 Å². The van der Waals surface area contributed by atoms with Crippen LogP contribution in [0.3, 0.4) is 0 Å². The summed E-state index contributed by atoms with van der Waals surface area (Å²) in [6, 6.07) is 10.8.